The Morgan fingerprint density at radius 1 is 1.50 bits per heavy atom. The fourth-order valence-corrected chi connectivity index (χ4v) is 1.05. The van der Waals surface area contributed by atoms with E-state index in [0.29, 0.717) is 5.57 Å². The SMILES string of the molecule is CC1=CC(C(F)(F)F)=CCC1N. The molecule has 4 heteroatoms. The van der Waals surface area contributed by atoms with Crippen LogP contribution in [0.1, 0.15) is 13.3 Å². The van der Waals surface area contributed by atoms with Crippen LogP contribution in [-0.2, 0) is 0 Å². The second-order valence-corrected chi connectivity index (χ2v) is 2.89. The van der Waals surface area contributed by atoms with Crippen molar-refractivity contribution < 1.29 is 13.2 Å². The summed E-state index contributed by atoms with van der Waals surface area (Å²) in [5, 5.41) is 0. The molecule has 0 aromatic rings. The summed E-state index contributed by atoms with van der Waals surface area (Å²) < 4.78 is 36.3. The molecule has 0 aromatic heterocycles. The van der Waals surface area contributed by atoms with Gasteiger partial charge in [0.15, 0.2) is 0 Å². The molecule has 1 rings (SSSR count). The van der Waals surface area contributed by atoms with Crippen molar-refractivity contribution in [3.05, 3.63) is 23.3 Å². The fourth-order valence-electron chi connectivity index (χ4n) is 1.05. The van der Waals surface area contributed by atoms with Crippen LogP contribution >= 0.6 is 0 Å². The third-order valence-electron chi connectivity index (χ3n) is 1.89. The average molecular weight is 177 g/mol. The minimum absolute atomic E-state index is 0.254. The molecule has 0 bridgehead atoms. The number of alkyl halides is 3. The molecular formula is C8H10F3N. The summed E-state index contributed by atoms with van der Waals surface area (Å²) in [6, 6.07) is -0.254. The molecule has 0 heterocycles. The van der Waals surface area contributed by atoms with E-state index in [-0.39, 0.29) is 12.5 Å². The van der Waals surface area contributed by atoms with Gasteiger partial charge in [-0.15, -0.1) is 0 Å². The zero-order valence-electron chi connectivity index (χ0n) is 6.65. The lowest BCUT2D eigenvalue weighted by Crippen LogP contribution is -2.25. The summed E-state index contributed by atoms with van der Waals surface area (Å²) in [6.45, 7) is 1.61. The van der Waals surface area contributed by atoms with E-state index < -0.39 is 11.7 Å². The average Bonchev–Trinajstić information content (AvgIpc) is 1.92. The van der Waals surface area contributed by atoms with Crippen LogP contribution in [0, 0.1) is 0 Å². The first kappa shape index (κ1) is 9.32. The molecule has 1 unspecified atom stereocenters. The maximum atomic E-state index is 12.1. The van der Waals surface area contributed by atoms with Crippen LogP contribution in [0.2, 0.25) is 0 Å². The molecule has 0 saturated carbocycles. The van der Waals surface area contributed by atoms with E-state index in [2.05, 4.69) is 0 Å². The van der Waals surface area contributed by atoms with Crippen molar-refractivity contribution in [1.29, 1.82) is 0 Å². The van der Waals surface area contributed by atoms with Gasteiger partial charge in [-0.2, -0.15) is 13.2 Å². The molecule has 0 spiro atoms. The highest BCUT2D eigenvalue weighted by Gasteiger charge is 2.33. The second-order valence-electron chi connectivity index (χ2n) is 2.89. The van der Waals surface area contributed by atoms with Crippen molar-refractivity contribution in [3.8, 4) is 0 Å². The van der Waals surface area contributed by atoms with E-state index in [9.17, 15) is 13.2 Å². The van der Waals surface area contributed by atoms with E-state index in [4.69, 9.17) is 5.73 Å². The van der Waals surface area contributed by atoms with Crippen molar-refractivity contribution in [2.24, 2.45) is 5.73 Å². The number of rotatable bonds is 0. The third-order valence-corrected chi connectivity index (χ3v) is 1.89. The lowest BCUT2D eigenvalue weighted by atomic mass is 9.96. The summed E-state index contributed by atoms with van der Waals surface area (Å²) in [5.41, 5.74) is 5.51. The number of hydrogen-bond acceptors (Lipinski definition) is 1. The van der Waals surface area contributed by atoms with Crippen molar-refractivity contribution >= 4 is 0 Å². The number of halogens is 3. The van der Waals surface area contributed by atoms with Crippen LogP contribution in [-0.4, -0.2) is 12.2 Å². The van der Waals surface area contributed by atoms with Crippen LogP contribution in [0.5, 0.6) is 0 Å². The van der Waals surface area contributed by atoms with Crippen LogP contribution in [0.15, 0.2) is 23.3 Å². The maximum absolute atomic E-state index is 12.1. The molecule has 0 amide bonds. The molecule has 1 aliphatic rings. The molecule has 0 fully saturated rings. The zero-order chi connectivity index (χ0) is 9.35. The second kappa shape index (κ2) is 2.94. The first-order chi connectivity index (χ1) is 5.41. The van der Waals surface area contributed by atoms with E-state index in [0.717, 1.165) is 12.2 Å². The molecule has 1 nitrogen and oxygen atoms in total. The quantitative estimate of drug-likeness (QED) is 0.602. The molecule has 12 heavy (non-hydrogen) atoms. The molecule has 0 aliphatic heterocycles. The van der Waals surface area contributed by atoms with Crippen molar-refractivity contribution in [2.45, 2.75) is 25.6 Å². The lowest BCUT2D eigenvalue weighted by molar-refractivity contribution is -0.0887. The van der Waals surface area contributed by atoms with Gasteiger partial charge in [0, 0.05) is 6.04 Å². The maximum Gasteiger partial charge on any atom is 0.416 e. The molecule has 0 saturated heterocycles. The summed E-state index contributed by atoms with van der Waals surface area (Å²) in [7, 11) is 0. The molecule has 0 radical (unpaired) electrons. The lowest BCUT2D eigenvalue weighted by Gasteiger charge is -2.18. The zero-order valence-corrected chi connectivity index (χ0v) is 6.65. The van der Waals surface area contributed by atoms with Gasteiger partial charge < -0.3 is 5.73 Å². The van der Waals surface area contributed by atoms with Crippen LogP contribution < -0.4 is 5.73 Å². The van der Waals surface area contributed by atoms with Gasteiger partial charge in [-0.25, -0.2) is 0 Å². The number of nitrogens with two attached hydrogens (primary N) is 1. The Hall–Kier alpha value is -0.770. The third kappa shape index (κ3) is 1.88. The standard InChI is InChI=1S/C8H10F3N/c1-5-4-6(8(9,10)11)2-3-7(5)12/h2,4,7H,3,12H2,1H3. The van der Waals surface area contributed by atoms with Gasteiger partial charge in [0.05, 0.1) is 5.57 Å². The molecular weight excluding hydrogens is 167 g/mol. The highest BCUT2D eigenvalue weighted by molar-refractivity contribution is 5.33. The topological polar surface area (TPSA) is 26.0 Å². The van der Waals surface area contributed by atoms with E-state index in [1.165, 1.54) is 0 Å². The van der Waals surface area contributed by atoms with Gasteiger partial charge in [-0.3, -0.25) is 0 Å². The van der Waals surface area contributed by atoms with Crippen molar-refractivity contribution in [2.75, 3.05) is 0 Å². The van der Waals surface area contributed by atoms with Crippen LogP contribution in [0.25, 0.3) is 0 Å². The fraction of sp³-hybridized carbons (Fsp3) is 0.500. The first-order valence-corrected chi connectivity index (χ1v) is 3.62. The molecule has 0 aromatic carbocycles. The Labute approximate surface area is 68.7 Å². The predicted molar refractivity (Wildman–Crippen MR) is 40.5 cm³/mol. The van der Waals surface area contributed by atoms with Gasteiger partial charge in [0.2, 0.25) is 0 Å². The van der Waals surface area contributed by atoms with Gasteiger partial charge in [0.1, 0.15) is 0 Å². The minimum atomic E-state index is -4.23. The van der Waals surface area contributed by atoms with E-state index >= 15 is 0 Å². The smallest absolute Gasteiger partial charge is 0.324 e. The minimum Gasteiger partial charge on any atom is -0.324 e. The van der Waals surface area contributed by atoms with Gasteiger partial charge in [-0.1, -0.05) is 11.6 Å². The molecule has 2 N–H and O–H groups in total. The largest absolute Gasteiger partial charge is 0.416 e. The molecule has 68 valence electrons. The Morgan fingerprint density at radius 2 is 2.08 bits per heavy atom. The Morgan fingerprint density at radius 3 is 2.50 bits per heavy atom. The Bertz CT molecular complexity index is 237. The molecule has 1 aliphatic carbocycles. The summed E-state index contributed by atoms with van der Waals surface area (Å²) in [6.07, 6.45) is -1.72. The van der Waals surface area contributed by atoms with E-state index in [1.807, 2.05) is 0 Å². The summed E-state index contributed by atoms with van der Waals surface area (Å²) in [4.78, 5) is 0. The number of allylic oxidation sites excluding steroid dienone is 2. The Balaban J connectivity index is 2.85. The van der Waals surface area contributed by atoms with Crippen molar-refractivity contribution in [1.82, 2.24) is 0 Å². The van der Waals surface area contributed by atoms with E-state index in [1.54, 1.807) is 6.92 Å². The highest BCUT2D eigenvalue weighted by Crippen LogP contribution is 2.30. The van der Waals surface area contributed by atoms with Crippen LogP contribution in [0.4, 0.5) is 13.2 Å². The first-order valence-electron chi connectivity index (χ1n) is 3.62. The number of hydrogen-bond donors (Lipinski definition) is 1. The van der Waals surface area contributed by atoms with Crippen molar-refractivity contribution in [3.63, 3.8) is 0 Å². The Kier molecular flexibility index (Phi) is 2.28. The van der Waals surface area contributed by atoms with Gasteiger partial charge in [-0.05, 0) is 19.4 Å². The monoisotopic (exact) mass is 177 g/mol. The normalized spacial score (nSPS) is 24.9. The molecule has 1 atom stereocenters. The summed E-state index contributed by atoms with van der Waals surface area (Å²) >= 11 is 0. The predicted octanol–water partition coefficient (Wildman–Crippen LogP) is 2.15. The van der Waals surface area contributed by atoms with Crippen LogP contribution in [0.3, 0.4) is 0 Å². The van der Waals surface area contributed by atoms with Gasteiger partial charge >= 0.3 is 6.18 Å². The van der Waals surface area contributed by atoms with Gasteiger partial charge in [0.25, 0.3) is 0 Å². The summed E-state index contributed by atoms with van der Waals surface area (Å²) in [5.74, 6) is 0. The highest BCUT2D eigenvalue weighted by atomic mass is 19.4.